The van der Waals surface area contributed by atoms with Gasteiger partial charge in [0.1, 0.15) is 11.6 Å². The number of nitrogens with zero attached hydrogens (tertiary/aromatic N) is 3. The number of nitriles is 1. The maximum Gasteiger partial charge on any atom is 0.264 e. The van der Waals surface area contributed by atoms with E-state index in [0.29, 0.717) is 19.7 Å². The standard InChI is InChI=1S/C25H29N3O2/c1-18-14-23(20(3)28(18)19(2)17-30-4)15-24(16-26)25(29)27-12-10-22(11-13-27)21-8-6-5-7-9-21/h5-10,14-15,19H,11-13,17H2,1-4H3/b24-15+. The van der Waals surface area contributed by atoms with Crippen LogP contribution >= 0.6 is 0 Å². The fraction of sp³-hybridized carbons (Fsp3) is 0.360. The molecule has 1 aliphatic rings. The van der Waals surface area contributed by atoms with Crippen LogP contribution in [0.1, 0.15) is 41.9 Å². The average Bonchev–Trinajstić information content (AvgIpc) is 3.05. The molecule has 0 N–H and O–H groups in total. The van der Waals surface area contributed by atoms with Crippen LogP contribution in [0, 0.1) is 25.2 Å². The zero-order valence-electron chi connectivity index (χ0n) is 18.2. The SMILES string of the molecule is COCC(C)n1c(C)cc(/C=C(\C#N)C(=O)N2CC=C(c3ccccc3)CC2)c1C. The normalized spacial score (nSPS) is 15.5. The minimum atomic E-state index is -0.212. The van der Waals surface area contributed by atoms with Crippen LogP contribution in [-0.4, -0.2) is 42.2 Å². The lowest BCUT2D eigenvalue weighted by Crippen LogP contribution is -2.35. The zero-order chi connectivity index (χ0) is 21.7. The molecule has 1 aromatic carbocycles. The molecule has 0 aliphatic carbocycles. The first-order valence-electron chi connectivity index (χ1n) is 10.3. The Bertz CT molecular complexity index is 1010. The van der Waals surface area contributed by atoms with E-state index in [1.54, 1.807) is 18.1 Å². The van der Waals surface area contributed by atoms with Crippen LogP contribution < -0.4 is 0 Å². The zero-order valence-corrected chi connectivity index (χ0v) is 18.2. The van der Waals surface area contributed by atoms with Crippen molar-refractivity contribution in [3.8, 4) is 6.07 Å². The lowest BCUT2D eigenvalue weighted by atomic mass is 9.99. The molecule has 5 nitrogen and oxygen atoms in total. The van der Waals surface area contributed by atoms with Gasteiger partial charge in [-0.1, -0.05) is 36.4 Å². The van der Waals surface area contributed by atoms with Gasteiger partial charge in [-0.3, -0.25) is 4.79 Å². The summed E-state index contributed by atoms with van der Waals surface area (Å²) in [5, 5.41) is 9.67. The molecule has 1 amide bonds. The van der Waals surface area contributed by atoms with Gasteiger partial charge in [0.05, 0.1) is 12.6 Å². The van der Waals surface area contributed by atoms with E-state index in [1.165, 1.54) is 11.1 Å². The van der Waals surface area contributed by atoms with Gasteiger partial charge in [-0.25, -0.2) is 0 Å². The minimum absolute atomic E-state index is 0.172. The van der Waals surface area contributed by atoms with Gasteiger partial charge in [0.25, 0.3) is 5.91 Å². The van der Waals surface area contributed by atoms with E-state index in [4.69, 9.17) is 4.74 Å². The third kappa shape index (κ3) is 4.55. The Morgan fingerprint density at radius 3 is 2.63 bits per heavy atom. The Hall–Kier alpha value is -3.10. The molecule has 5 heteroatoms. The average molecular weight is 404 g/mol. The van der Waals surface area contributed by atoms with E-state index >= 15 is 0 Å². The van der Waals surface area contributed by atoms with Gasteiger partial charge in [0, 0.05) is 31.6 Å². The van der Waals surface area contributed by atoms with Gasteiger partial charge in [0.2, 0.25) is 0 Å². The number of amides is 1. The van der Waals surface area contributed by atoms with Crippen LogP contribution in [0.3, 0.4) is 0 Å². The van der Waals surface area contributed by atoms with Crippen LogP contribution in [0.25, 0.3) is 11.6 Å². The van der Waals surface area contributed by atoms with Gasteiger partial charge in [-0.15, -0.1) is 0 Å². The number of carbonyl (C=O) groups excluding carboxylic acids is 1. The predicted octanol–water partition coefficient (Wildman–Crippen LogP) is 4.54. The van der Waals surface area contributed by atoms with E-state index in [0.717, 1.165) is 23.4 Å². The third-order valence-corrected chi connectivity index (χ3v) is 5.66. The van der Waals surface area contributed by atoms with Crippen molar-refractivity contribution in [1.29, 1.82) is 5.26 Å². The van der Waals surface area contributed by atoms with E-state index in [1.807, 2.05) is 38.1 Å². The lowest BCUT2D eigenvalue weighted by Gasteiger charge is -2.26. The van der Waals surface area contributed by atoms with Crippen molar-refractivity contribution >= 4 is 17.6 Å². The number of hydrogen-bond donors (Lipinski definition) is 0. The highest BCUT2D eigenvalue weighted by molar-refractivity contribution is 6.02. The number of carbonyl (C=O) groups is 1. The summed E-state index contributed by atoms with van der Waals surface area (Å²) in [6.07, 6.45) is 4.60. The predicted molar refractivity (Wildman–Crippen MR) is 120 cm³/mol. The van der Waals surface area contributed by atoms with Crippen molar-refractivity contribution in [2.24, 2.45) is 0 Å². The number of aromatic nitrogens is 1. The molecule has 3 rings (SSSR count). The third-order valence-electron chi connectivity index (χ3n) is 5.66. The summed E-state index contributed by atoms with van der Waals surface area (Å²) in [6, 6.07) is 14.5. The highest BCUT2D eigenvalue weighted by Crippen LogP contribution is 2.25. The largest absolute Gasteiger partial charge is 0.383 e. The molecule has 0 radical (unpaired) electrons. The summed E-state index contributed by atoms with van der Waals surface area (Å²) >= 11 is 0. The fourth-order valence-corrected chi connectivity index (χ4v) is 4.18. The Morgan fingerprint density at radius 2 is 2.03 bits per heavy atom. The molecule has 1 atom stereocenters. The van der Waals surface area contributed by atoms with Crippen LogP contribution in [0.15, 0.2) is 48.0 Å². The molecule has 1 aliphatic heterocycles. The Balaban J connectivity index is 1.79. The molecule has 0 spiro atoms. The van der Waals surface area contributed by atoms with Gasteiger partial charge in [-0.2, -0.15) is 5.26 Å². The summed E-state index contributed by atoms with van der Waals surface area (Å²) < 4.78 is 7.47. The van der Waals surface area contributed by atoms with Crippen LogP contribution in [-0.2, 0) is 9.53 Å². The second-order valence-corrected chi connectivity index (χ2v) is 7.77. The molecule has 1 aromatic heterocycles. The second kappa shape index (κ2) is 9.60. The number of aryl methyl sites for hydroxylation is 1. The van der Waals surface area contributed by atoms with Crippen molar-refractivity contribution in [1.82, 2.24) is 9.47 Å². The summed E-state index contributed by atoms with van der Waals surface area (Å²) in [5.41, 5.74) is 5.63. The number of methoxy groups -OCH3 is 1. The summed E-state index contributed by atoms with van der Waals surface area (Å²) in [4.78, 5) is 14.7. The summed E-state index contributed by atoms with van der Waals surface area (Å²) in [7, 11) is 1.69. The topological polar surface area (TPSA) is 58.3 Å². The quantitative estimate of drug-likeness (QED) is 0.526. The Kier molecular flexibility index (Phi) is 6.91. The van der Waals surface area contributed by atoms with Crippen molar-refractivity contribution < 1.29 is 9.53 Å². The molecule has 0 saturated heterocycles. The Morgan fingerprint density at radius 1 is 1.30 bits per heavy atom. The number of ether oxygens (including phenoxy) is 1. The molecule has 0 saturated carbocycles. The molecule has 0 fully saturated rings. The van der Waals surface area contributed by atoms with Gasteiger partial charge < -0.3 is 14.2 Å². The molecule has 30 heavy (non-hydrogen) atoms. The summed E-state index contributed by atoms with van der Waals surface area (Å²) in [5.74, 6) is -0.212. The van der Waals surface area contributed by atoms with E-state index in [9.17, 15) is 10.1 Å². The van der Waals surface area contributed by atoms with Crippen LogP contribution in [0.5, 0.6) is 0 Å². The van der Waals surface area contributed by atoms with Gasteiger partial charge in [-0.05, 0) is 56.0 Å². The van der Waals surface area contributed by atoms with Crippen molar-refractivity contribution in [3.63, 3.8) is 0 Å². The number of hydrogen-bond acceptors (Lipinski definition) is 3. The van der Waals surface area contributed by atoms with Crippen molar-refractivity contribution in [2.75, 3.05) is 26.8 Å². The lowest BCUT2D eigenvalue weighted by molar-refractivity contribution is -0.126. The Labute approximate surface area is 178 Å². The van der Waals surface area contributed by atoms with Crippen molar-refractivity contribution in [3.05, 3.63) is 70.6 Å². The minimum Gasteiger partial charge on any atom is -0.383 e. The molecule has 0 bridgehead atoms. The first-order valence-corrected chi connectivity index (χ1v) is 10.3. The van der Waals surface area contributed by atoms with E-state index < -0.39 is 0 Å². The maximum atomic E-state index is 13.0. The second-order valence-electron chi connectivity index (χ2n) is 7.77. The molecular weight excluding hydrogens is 374 g/mol. The molecule has 2 heterocycles. The highest BCUT2D eigenvalue weighted by Gasteiger charge is 2.22. The smallest absolute Gasteiger partial charge is 0.264 e. The summed E-state index contributed by atoms with van der Waals surface area (Å²) in [6.45, 7) is 7.88. The number of benzene rings is 1. The van der Waals surface area contributed by atoms with E-state index in [-0.39, 0.29) is 17.5 Å². The fourth-order valence-electron chi connectivity index (χ4n) is 4.18. The first kappa shape index (κ1) is 21.6. The number of rotatable bonds is 6. The monoisotopic (exact) mass is 403 g/mol. The van der Waals surface area contributed by atoms with Crippen molar-refractivity contribution in [2.45, 2.75) is 33.2 Å². The molecule has 2 aromatic rings. The molecule has 156 valence electrons. The molecule has 1 unspecified atom stereocenters. The first-order chi connectivity index (χ1) is 14.5. The van der Waals surface area contributed by atoms with Gasteiger partial charge in [0.15, 0.2) is 0 Å². The highest BCUT2D eigenvalue weighted by atomic mass is 16.5. The van der Waals surface area contributed by atoms with Gasteiger partial charge >= 0.3 is 0 Å². The van der Waals surface area contributed by atoms with Crippen LogP contribution in [0.4, 0.5) is 0 Å². The molecular formula is C25H29N3O2. The maximum absolute atomic E-state index is 13.0. The van der Waals surface area contributed by atoms with E-state index in [2.05, 4.69) is 35.8 Å². The van der Waals surface area contributed by atoms with Crippen LogP contribution in [0.2, 0.25) is 0 Å².